The highest BCUT2D eigenvalue weighted by molar-refractivity contribution is 7.93. The summed E-state index contributed by atoms with van der Waals surface area (Å²) in [5, 5.41) is 4.62. The maximum Gasteiger partial charge on any atom is 0.263 e. The van der Waals surface area contributed by atoms with E-state index in [2.05, 4.69) is 15.0 Å². The van der Waals surface area contributed by atoms with Gasteiger partial charge in [0.05, 0.1) is 24.1 Å². The van der Waals surface area contributed by atoms with Crippen LogP contribution in [-0.2, 0) is 21.2 Å². The fourth-order valence-corrected chi connectivity index (χ4v) is 4.36. The van der Waals surface area contributed by atoms with E-state index in [0.717, 1.165) is 16.9 Å². The molecule has 1 heterocycles. The Morgan fingerprint density at radius 2 is 1.93 bits per heavy atom. The predicted octanol–water partition coefficient (Wildman–Crippen LogP) is 3.44. The molecule has 3 rings (SSSR count). The van der Waals surface area contributed by atoms with Crippen LogP contribution >= 0.6 is 11.3 Å². The van der Waals surface area contributed by atoms with Crippen LogP contribution in [0.2, 0.25) is 0 Å². The third kappa shape index (κ3) is 5.08. The van der Waals surface area contributed by atoms with Crippen molar-refractivity contribution < 1.29 is 17.9 Å². The number of sulfonamides is 1. The van der Waals surface area contributed by atoms with E-state index in [0.29, 0.717) is 17.1 Å². The third-order valence-electron chi connectivity index (χ3n) is 3.80. The SMILES string of the molecule is COc1cccc(NC(=O)Cc2csc(NS(=O)(=O)c3ccc(C)cc3)n2)c1. The molecular formula is C19H19N3O4S2. The first-order chi connectivity index (χ1) is 13.4. The monoisotopic (exact) mass is 417 g/mol. The summed E-state index contributed by atoms with van der Waals surface area (Å²) < 4.78 is 32.4. The van der Waals surface area contributed by atoms with Gasteiger partial charge in [-0.05, 0) is 31.2 Å². The normalized spacial score (nSPS) is 11.1. The zero-order valence-electron chi connectivity index (χ0n) is 15.3. The van der Waals surface area contributed by atoms with E-state index in [-0.39, 0.29) is 22.4 Å². The maximum atomic E-state index is 12.4. The Morgan fingerprint density at radius 1 is 1.18 bits per heavy atom. The fourth-order valence-electron chi connectivity index (χ4n) is 2.40. The van der Waals surface area contributed by atoms with Crippen LogP contribution in [0.25, 0.3) is 0 Å². The van der Waals surface area contributed by atoms with Gasteiger partial charge in [0.25, 0.3) is 10.0 Å². The Balaban J connectivity index is 1.63. The Hall–Kier alpha value is -2.91. The average molecular weight is 418 g/mol. The van der Waals surface area contributed by atoms with Crippen LogP contribution in [0.5, 0.6) is 5.75 Å². The second kappa shape index (κ2) is 8.41. The topological polar surface area (TPSA) is 97.4 Å². The average Bonchev–Trinajstić information content (AvgIpc) is 3.08. The van der Waals surface area contributed by atoms with Gasteiger partial charge in [-0.3, -0.25) is 9.52 Å². The van der Waals surface area contributed by atoms with Crippen molar-refractivity contribution >= 4 is 38.1 Å². The Morgan fingerprint density at radius 3 is 2.64 bits per heavy atom. The van der Waals surface area contributed by atoms with Gasteiger partial charge in [0, 0.05) is 17.1 Å². The molecule has 9 heteroatoms. The van der Waals surface area contributed by atoms with Crippen molar-refractivity contribution in [1.29, 1.82) is 0 Å². The summed E-state index contributed by atoms with van der Waals surface area (Å²) in [6.45, 7) is 1.88. The first kappa shape index (κ1) is 19.8. The lowest BCUT2D eigenvalue weighted by Gasteiger charge is -2.06. The highest BCUT2D eigenvalue weighted by Gasteiger charge is 2.16. The number of thiazole rings is 1. The largest absolute Gasteiger partial charge is 0.497 e. The molecular weight excluding hydrogens is 398 g/mol. The van der Waals surface area contributed by atoms with Crippen LogP contribution in [-0.4, -0.2) is 26.4 Å². The molecule has 0 saturated heterocycles. The summed E-state index contributed by atoms with van der Waals surface area (Å²) in [6.07, 6.45) is 0.0277. The standard InChI is InChI=1S/C19H19N3O4S2/c1-13-6-8-17(9-7-13)28(24,25)22-19-21-15(12-27-19)11-18(23)20-14-4-3-5-16(10-14)26-2/h3-10,12H,11H2,1-2H3,(H,20,23)(H,21,22). The fraction of sp³-hybridized carbons (Fsp3) is 0.158. The van der Waals surface area contributed by atoms with Crippen LogP contribution in [0.3, 0.4) is 0 Å². The van der Waals surface area contributed by atoms with Crippen molar-refractivity contribution in [1.82, 2.24) is 4.98 Å². The van der Waals surface area contributed by atoms with Gasteiger partial charge in [-0.1, -0.05) is 23.8 Å². The van der Waals surface area contributed by atoms with E-state index in [9.17, 15) is 13.2 Å². The zero-order valence-corrected chi connectivity index (χ0v) is 16.9. The molecule has 146 valence electrons. The molecule has 2 aromatic carbocycles. The number of nitrogens with one attached hydrogen (secondary N) is 2. The van der Waals surface area contributed by atoms with Gasteiger partial charge in [0.1, 0.15) is 5.75 Å². The number of hydrogen-bond donors (Lipinski definition) is 2. The van der Waals surface area contributed by atoms with Gasteiger partial charge < -0.3 is 10.1 Å². The van der Waals surface area contributed by atoms with Crippen molar-refractivity contribution in [2.45, 2.75) is 18.2 Å². The molecule has 1 aromatic heterocycles. The number of amides is 1. The lowest BCUT2D eigenvalue weighted by Crippen LogP contribution is -2.15. The van der Waals surface area contributed by atoms with Crippen LogP contribution < -0.4 is 14.8 Å². The van der Waals surface area contributed by atoms with Crippen LogP contribution in [0.15, 0.2) is 58.8 Å². The summed E-state index contributed by atoms with van der Waals surface area (Å²) in [5.41, 5.74) is 2.06. The quantitative estimate of drug-likeness (QED) is 0.614. The Labute approximate surface area is 167 Å². The Kier molecular flexibility index (Phi) is 5.96. The van der Waals surface area contributed by atoms with Crippen LogP contribution in [0.4, 0.5) is 10.8 Å². The van der Waals surface area contributed by atoms with Crippen molar-refractivity contribution in [3.63, 3.8) is 0 Å². The number of rotatable bonds is 7. The van der Waals surface area contributed by atoms with Gasteiger partial charge in [0.15, 0.2) is 5.13 Å². The minimum Gasteiger partial charge on any atom is -0.497 e. The van der Waals surface area contributed by atoms with Gasteiger partial charge in [-0.15, -0.1) is 11.3 Å². The second-order valence-corrected chi connectivity index (χ2v) is 8.56. The minimum absolute atomic E-state index is 0.0277. The minimum atomic E-state index is -3.72. The first-order valence-electron chi connectivity index (χ1n) is 8.33. The first-order valence-corrected chi connectivity index (χ1v) is 10.7. The number of benzene rings is 2. The molecule has 28 heavy (non-hydrogen) atoms. The van der Waals surface area contributed by atoms with E-state index in [1.165, 1.54) is 12.1 Å². The van der Waals surface area contributed by atoms with E-state index in [1.54, 1.807) is 48.9 Å². The van der Waals surface area contributed by atoms with Crippen molar-refractivity contribution in [2.24, 2.45) is 0 Å². The van der Waals surface area contributed by atoms with Crippen LogP contribution in [0, 0.1) is 6.92 Å². The smallest absolute Gasteiger partial charge is 0.263 e. The molecule has 0 fully saturated rings. The number of carbonyl (C=O) groups excluding carboxylic acids is 1. The molecule has 0 spiro atoms. The number of methoxy groups -OCH3 is 1. The lowest BCUT2D eigenvalue weighted by molar-refractivity contribution is -0.115. The zero-order chi connectivity index (χ0) is 20.1. The van der Waals surface area contributed by atoms with Gasteiger partial charge in [-0.25, -0.2) is 13.4 Å². The van der Waals surface area contributed by atoms with E-state index in [4.69, 9.17) is 4.74 Å². The lowest BCUT2D eigenvalue weighted by atomic mass is 10.2. The van der Waals surface area contributed by atoms with Crippen LogP contribution in [0.1, 0.15) is 11.3 Å². The van der Waals surface area contributed by atoms with Gasteiger partial charge in [0.2, 0.25) is 5.91 Å². The van der Waals surface area contributed by atoms with E-state index < -0.39 is 10.0 Å². The maximum absolute atomic E-state index is 12.4. The van der Waals surface area contributed by atoms with Crippen molar-refractivity contribution in [3.05, 3.63) is 65.2 Å². The molecule has 0 saturated carbocycles. The van der Waals surface area contributed by atoms with E-state index in [1.807, 2.05) is 6.92 Å². The molecule has 0 radical (unpaired) electrons. The highest BCUT2D eigenvalue weighted by atomic mass is 32.2. The summed E-state index contributed by atoms with van der Waals surface area (Å²) in [7, 11) is -2.17. The third-order valence-corrected chi connectivity index (χ3v) is 6.09. The molecule has 0 aliphatic rings. The molecule has 0 aliphatic carbocycles. The molecule has 0 bridgehead atoms. The van der Waals surface area contributed by atoms with Crippen molar-refractivity contribution in [3.8, 4) is 5.75 Å². The molecule has 0 unspecified atom stereocenters. The summed E-state index contributed by atoms with van der Waals surface area (Å²) in [6, 6.07) is 13.5. The molecule has 2 N–H and O–H groups in total. The molecule has 3 aromatic rings. The summed E-state index contributed by atoms with van der Waals surface area (Å²) >= 11 is 1.13. The second-order valence-electron chi connectivity index (χ2n) is 6.02. The number of ether oxygens (including phenoxy) is 1. The number of anilines is 2. The number of nitrogens with zero attached hydrogens (tertiary/aromatic N) is 1. The summed E-state index contributed by atoms with van der Waals surface area (Å²) in [5.74, 6) is 0.380. The predicted molar refractivity (Wildman–Crippen MR) is 109 cm³/mol. The van der Waals surface area contributed by atoms with Gasteiger partial charge in [-0.2, -0.15) is 0 Å². The number of carbonyl (C=O) groups is 1. The van der Waals surface area contributed by atoms with Gasteiger partial charge >= 0.3 is 0 Å². The number of aryl methyl sites for hydroxylation is 1. The summed E-state index contributed by atoms with van der Waals surface area (Å²) in [4.78, 5) is 16.6. The molecule has 0 atom stereocenters. The van der Waals surface area contributed by atoms with Crippen molar-refractivity contribution in [2.75, 3.05) is 17.1 Å². The highest BCUT2D eigenvalue weighted by Crippen LogP contribution is 2.21. The number of aromatic nitrogens is 1. The van der Waals surface area contributed by atoms with E-state index >= 15 is 0 Å². The molecule has 0 aliphatic heterocycles. The number of hydrogen-bond acceptors (Lipinski definition) is 6. The molecule has 7 nitrogen and oxygen atoms in total. The molecule has 1 amide bonds. The Bertz CT molecular complexity index is 1080.